The molecule has 3 aromatic rings. The number of hydrogen-bond acceptors (Lipinski definition) is 3. The second-order valence-corrected chi connectivity index (χ2v) is 5.50. The minimum Gasteiger partial charge on any atom is -0.494 e. The molecule has 0 saturated heterocycles. The van der Waals surface area contributed by atoms with Crippen molar-refractivity contribution in [2.45, 2.75) is 0 Å². The van der Waals surface area contributed by atoms with Crippen LogP contribution in [-0.2, 0) is 0 Å². The Hall–Kier alpha value is -2.07. The molecule has 0 unspecified atom stereocenters. The van der Waals surface area contributed by atoms with Gasteiger partial charge in [-0.05, 0) is 18.2 Å². The molecule has 1 heterocycles. The van der Waals surface area contributed by atoms with Gasteiger partial charge >= 0.3 is 0 Å². The summed E-state index contributed by atoms with van der Waals surface area (Å²) < 4.78 is 6.46. The van der Waals surface area contributed by atoms with E-state index in [1.807, 2.05) is 37.4 Å². The Balaban J connectivity index is 2.35. The van der Waals surface area contributed by atoms with Crippen molar-refractivity contribution in [3.8, 4) is 17.0 Å². The van der Waals surface area contributed by atoms with Gasteiger partial charge in [0.1, 0.15) is 11.3 Å². The van der Waals surface area contributed by atoms with Crippen molar-refractivity contribution in [1.29, 1.82) is 0 Å². The topological polar surface area (TPSA) is 34.2 Å². The van der Waals surface area contributed by atoms with Gasteiger partial charge in [-0.1, -0.05) is 46.3 Å². The van der Waals surface area contributed by atoms with E-state index in [1.54, 1.807) is 7.11 Å². The van der Waals surface area contributed by atoms with Gasteiger partial charge in [0.25, 0.3) is 0 Å². The normalized spacial score (nSPS) is 10.6. The van der Waals surface area contributed by atoms with Crippen LogP contribution in [-0.4, -0.2) is 19.1 Å². The first-order valence-electron chi connectivity index (χ1n) is 6.65. The number of fused-ring (bicyclic) bond motifs is 1. The van der Waals surface area contributed by atoms with Crippen LogP contribution in [0, 0.1) is 0 Å². The standard InChI is InChI=1S/C17H15BrN2O/c1-19-14-10-13(11-6-4-3-5-7-11)20-17-15(21-2)9-8-12(18)16(14)17/h3-10H,1-2H3,(H,19,20). The third kappa shape index (κ3) is 2.47. The van der Waals surface area contributed by atoms with Gasteiger partial charge in [0, 0.05) is 28.2 Å². The summed E-state index contributed by atoms with van der Waals surface area (Å²) >= 11 is 3.60. The molecule has 0 amide bonds. The van der Waals surface area contributed by atoms with Crippen LogP contribution < -0.4 is 10.1 Å². The Morgan fingerprint density at radius 3 is 2.52 bits per heavy atom. The van der Waals surface area contributed by atoms with Crippen LogP contribution in [0.4, 0.5) is 5.69 Å². The molecule has 2 aromatic carbocycles. The molecule has 0 saturated carbocycles. The van der Waals surface area contributed by atoms with Crippen LogP contribution in [0.2, 0.25) is 0 Å². The van der Waals surface area contributed by atoms with Crippen molar-refractivity contribution in [3.05, 3.63) is 53.0 Å². The highest BCUT2D eigenvalue weighted by atomic mass is 79.9. The number of hydrogen-bond donors (Lipinski definition) is 1. The predicted octanol–water partition coefficient (Wildman–Crippen LogP) is 4.71. The van der Waals surface area contributed by atoms with Crippen molar-refractivity contribution in [1.82, 2.24) is 4.98 Å². The Morgan fingerprint density at radius 1 is 1.10 bits per heavy atom. The van der Waals surface area contributed by atoms with Crippen molar-refractivity contribution in [2.24, 2.45) is 0 Å². The zero-order valence-corrected chi connectivity index (χ0v) is 13.4. The number of nitrogens with zero attached hydrogens (tertiary/aromatic N) is 1. The second kappa shape index (κ2) is 5.74. The van der Waals surface area contributed by atoms with E-state index in [4.69, 9.17) is 9.72 Å². The minimum absolute atomic E-state index is 0.766. The molecule has 0 radical (unpaired) electrons. The molecule has 1 aromatic heterocycles. The summed E-state index contributed by atoms with van der Waals surface area (Å²) in [6.45, 7) is 0. The summed E-state index contributed by atoms with van der Waals surface area (Å²) in [5.41, 5.74) is 3.86. The van der Waals surface area contributed by atoms with Crippen LogP contribution in [0.3, 0.4) is 0 Å². The monoisotopic (exact) mass is 342 g/mol. The van der Waals surface area contributed by atoms with E-state index < -0.39 is 0 Å². The van der Waals surface area contributed by atoms with E-state index in [9.17, 15) is 0 Å². The average Bonchev–Trinajstić information content (AvgIpc) is 2.55. The quantitative estimate of drug-likeness (QED) is 0.748. The van der Waals surface area contributed by atoms with E-state index in [0.717, 1.165) is 38.1 Å². The summed E-state index contributed by atoms with van der Waals surface area (Å²) in [7, 11) is 3.58. The molecule has 0 aliphatic heterocycles. The maximum Gasteiger partial charge on any atom is 0.145 e. The fourth-order valence-corrected chi connectivity index (χ4v) is 2.93. The van der Waals surface area contributed by atoms with Crippen molar-refractivity contribution in [3.63, 3.8) is 0 Å². The van der Waals surface area contributed by atoms with Gasteiger partial charge in [-0.2, -0.15) is 0 Å². The highest BCUT2D eigenvalue weighted by molar-refractivity contribution is 9.10. The summed E-state index contributed by atoms with van der Waals surface area (Å²) in [6.07, 6.45) is 0. The minimum atomic E-state index is 0.766. The SMILES string of the molecule is CNc1cc(-c2ccccc2)nc2c(OC)ccc(Br)c12. The smallest absolute Gasteiger partial charge is 0.145 e. The van der Waals surface area contributed by atoms with Crippen LogP contribution in [0.5, 0.6) is 5.75 Å². The molecular weight excluding hydrogens is 328 g/mol. The largest absolute Gasteiger partial charge is 0.494 e. The van der Waals surface area contributed by atoms with E-state index in [2.05, 4.69) is 39.4 Å². The number of methoxy groups -OCH3 is 1. The molecule has 21 heavy (non-hydrogen) atoms. The van der Waals surface area contributed by atoms with Gasteiger partial charge in [0.15, 0.2) is 0 Å². The van der Waals surface area contributed by atoms with Crippen LogP contribution in [0.25, 0.3) is 22.2 Å². The first kappa shape index (κ1) is 13.9. The maximum absolute atomic E-state index is 5.46. The highest BCUT2D eigenvalue weighted by Crippen LogP contribution is 2.37. The van der Waals surface area contributed by atoms with Crippen LogP contribution >= 0.6 is 15.9 Å². The fraction of sp³-hybridized carbons (Fsp3) is 0.118. The molecule has 0 spiro atoms. The van der Waals surface area contributed by atoms with E-state index in [0.29, 0.717) is 0 Å². The van der Waals surface area contributed by atoms with Crippen LogP contribution in [0.15, 0.2) is 53.0 Å². The molecule has 3 nitrogen and oxygen atoms in total. The van der Waals surface area contributed by atoms with Gasteiger partial charge in [-0.15, -0.1) is 0 Å². The number of anilines is 1. The van der Waals surface area contributed by atoms with Gasteiger partial charge in [0.2, 0.25) is 0 Å². The predicted molar refractivity (Wildman–Crippen MR) is 91.0 cm³/mol. The van der Waals surface area contributed by atoms with Gasteiger partial charge < -0.3 is 10.1 Å². The number of rotatable bonds is 3. The Morgan fingerprint density at radius 2 is 1.86 bits per heavy atom. The van der Waals surface area contributed by atoms with Crippen LogP contribution in [0.1, 0.15) is 0 Å². The molecule has 0 aliphatic rings. The zero-order chi connectivity index (χ0) is 14.8. The van der Waals surface area contributed by atoms with Gasteiger partial charge in [0.05, 0.1) is 12.8 Å². The lowest BCUT2D eigenvalue weighted by atomic mass is 10.1. The summed E-state index contributed by atoms with van der Waals surface area (Å²) in [5, 5.41) is 4.27. The average molecular weight is 343 g/mol. The third-order valence-corrected chi connectivity index (χ3v) is 4.09. The number of ether oxygens (including phenoxy) is 1. The highest BCUT2D eigenvalue weighted by Gasteiger charge is 2.13. The lowest BCUT2D eigenvalue weighted by molar-refractivity contribution is 0.419. The Bertz CT molecular complexity index is 788. The summed E-state index contributed by atoms with van der Waals surface area (Å²) in [6, 6.07) is 16.1. The second-order valence-electron chi connectivity index (χ2n) is 4.64. The van der Waals surface area contributed by atoms with E-state index >= 15 is 0 Å². The van der Waals surface area contributed by atoms with E-state index in [-0.39, 0.29) is 0 Å². The molecule has 0 fully saturated rings. The van der Waals surface area contributed by atoms with Gasteiger partial charge in [-0.25, -0.2) is 4.98 Å². The molecule has 3 rings (SSSR count). The molecular formula is C17H15BrN2O. The first-order chi connectivity index (χ1) is 10.2. The first-order valence-corrected chi connectivity index (χ1v) is 7.44. The molecule has 0 atom stereocenters. The molecule has 0 aliphatic carbocycles. The number of benzene rings is 2. The number of aromatic nitrogens is 1. The third-order valence-electron chi connectivity index (χ3n) is 3.43. The Kier molecular flexibility index (Phi) is 3.80. The lowest BCUT2D eigenvalue weighted by Crippen LogP contribution is -1.97. The van der Waals surface area contributed by atoms with Crippen molar-refractivity contribution < 1.29 is 4.74 Å². The number of halogens is 1. The Labute approximate surface area is 132 Å². The number of pyridine rings is 1. The summed E-state index contributed by atoms with van der Waals surface area (Å²) in [4.78, 5) is 4.79. The summed E-state index contributed by atoms with van der Waals surface area (Å²) in [5.74, 6) is 0.766. The molecule has 106 valence electrons. The molecule has 1 N–H and O–H groups in total. The van der Waals surface area contributed by atoms with Crippen molar-refractivity contribution in [2.75, 3.05) is 19.5 Å². The number of nitrogens with one attached hydrogen (secondary N) is 1. The fourth-order valence-electron chi connectivity index (χ4n) is 2.39. The zero-order valence-electron chi connectivity index (χ0n) is 11.9. The van der Waals surface area contributed by atoms with Crippen molar-refractivity contribution >= 4 is 32.5 Å². The maximum atomic E-state index is 5.46. The van der Waals surface area contributed by atoms with Gasteiger partial charge in [-0.3, -0.25) is 0 Å². The van der Waals surface area contributed by atoms with E-state index in [1.165, 1.54) is 0 Å². The molecule has 4 heteroatoms. The lowest BCUT2D eigenvalue weighted by Gasteiger charge is -2.13. The molecule has 0 bridgehead atoms.